The molecule has 1 aromatic rings. The van der Waals surface area contributed by atoms with Gasteiger partial charge in [0.05, 0.1) is 25.4 Å². The molecule has 21 heavy (non-hydrogen) atoms. The van der Waals surface area contributed by atoms with Gasteiger partial charge in [0.1, 0.15) is 0 Å². The van der Waals surface area contributed by atoms with E-state index in [1.807, 2.05) is 24.3 Å². The van der Waals surface area contributed by atoms with Gasteiger partial charge in [0.25, 0.3) is 0 Å². The van der Waals surface area contributed by atoms with Gasteiger partial charge in [-0.15, -0.1) is 0 Å². The van der Waals surface area contributed by atoms with Gasteiger partial charge < -0.3 is 19.9 Å². The lowest BCUT2D eigenvalue weighted by atomic mass is 10.1. The smallest absolute Gasteiger partial charge is 0.0897 e. The summed E-state index contributed by atoms with van der Waals surface area (Å²) in [7, 11) is 0. The molecule has 0 spiro atoms. The van der Waals surface area contributed by atoms with E-state index in [1.165, 1.54) is 6.42 Å². The molecule has 0 amide bonds. The zero-order chi connectivity index (χ0) is 14.9. The molecular weight excluding hydrogens is 290 g/mol. The first-order chi connectivity index (χ1) is 10.3. The average Bonchev–Trinajstić information content (AvgIpc) is 2.50. The van der Waals surface area contributed by atoms with Crippen molar-refractivity contribution >= 4 is 11.6 Å². The van der Waals surface area contributed by atoms with Crippen LogP contribution in [0.4, 0.5) is 0 Å². The van der Waals surface area contributed by atoms with Crippen LogP contribution in [0, 0.1) is 0 Å². The minimum absolute atomic E-state index is 0.287. The number of ether oxygens (including phenoxy) is 2. The Morgan fingerprint density at radius 3 is 3.00 bits per heavy atom. The molecule has 0 bridgehead atoms. The molecule has 1 saturated heterocycles. The molecule has 2 N–H and O–H groups in total. The lowest BCUT2D eigenvalue weighted by Crippen LogP contribution is -2.37. The highest BCUT2D eigenvalue weighted by molar-refractivity contribution is 6.31. The summed E-state index contributed by atoms with van der Waals surface area (Å²) >= 11 is 6.04. The Hall–Kier alpha value is -0.650. The SMILES string of the molecule is OC(CNCC1CCCCO1)COCc1ccccc1Cl. The molecule has 2 rings (SSSR count). The number of aliphatic hydroxyl groups is 1. The average molecular weight is 314 g/mol. The minimum atomic E-state index is -0.518. The van der Waals surface area contributed by atoms with Gasteiger partial charge >= 0.3 is 0 Å². The van der Waals surface area contributed by atoms with Crippen molar-refractivity contribution in [1.82, 2.24) is 5.32 Å². The summed E-state index contributed by atoms with van der Waals surface area (Å²) in [5.74, 6) is 0. The van der Waals surface area contributed by atoms with Crippen LogP contribution in [-0.4, -0.2) is 43.6 Å². The largest absolute Gasteiger partial charge is 0.389 e. The first-order valence-electron chi connectivity index (χ1n) is 7.57. The van der Waals surface area contributed by atoms with Crippen LogP contribution in [0.5, 0.6) is 0 Å². The summed E-state index contributed by atoms with van der Waals surface area (Å²) in [6, 6.07) is 7.57. The summed E-state index contributed by atoms with van der Waals surface area (Å²) < 4.78 is 11.1. The van der Waals surface area contributed by atoms with Gasteiger partial charge in [-0.3, -0.25) is 0 Å². The molecule has 1 heterocycles. The van der Waals surface area contributed by atoms with Crippen LogP contribution in [0.3, 0.4) is 0 Å². The van der Waals surface area contributed by atoms with E-state index in [9.17, 15) is 5.11 Å². The predicted octanol–water partition coefficient (Wildman–Crippen LogP) is 2.38. The van der Waals surface area contributed by atoms with Crippen molar-refractivity contribution in [3.8, 4) is 0 Å². The van der Waals surface area contributed by atoms with Crippen molar-refractivity contribution in [2.45, 2.75) is 38.1 Å². The summed E-state index contributed by atoms with van der Waals surface area (Å²) in [4.78, 5) is 0. The highest BCUT2D eigenvalue weighted by Crippen LogP contribution is 2.15. The lowest BCUT2D eigenvalue weighted by Gasteiger charge is -2.23. The zero-order valence-electron chi connectivity index (χ0n) is 12.3. The van der Waals surface area contributed by atoms with Crippen LogP contribution in [0.2, 0.25) is 5.02 Å². The molecule has 5 heteroatoms. The number of aliphatic hydroxyl groups excluding tert-OH is 1. The number of halogens is 1. The third kappa shape index (κ3) is 6.32. The highest BCUT2D eigenvalue weighted by Gasteiger charge is 2.14. The van der Waals surface area contributed by atoms with Crippen LogP contribution >= 0.6 is 11.6 Å². The minimum Gasteiger partial charge on any atom is -0.389 e. The fraction of sp³-hybridized carbons (Fsp3) is 0.625. The van der Waals surface area contributed by atoms with Crippen LogP contribution in [0.25, 0.3) is 0 Å². The van der Waals surface area contributed by atoms with Crippen molar-refractivity contribution in [3.63, 3.8) is 0 Å². The number of hydrogen-bond acceptors (Lipinski definition) is 4. The van der Waals surface area contributed by atoms with Crippen LogP contribution in [0.1, 0.15) is 24.8 Å². The first-order valence-corrected chi connectivity index (χ1v) is 7.95. The Labute approximate surface area is 131 Å². The van der Waals surface area contributed by atoms with E-state index in [1.54, 1.807) is 0 Å². The second-order valence-electron chi connectivity index (χ2n) is 5.41. The Morgan fingerprint density at radius 1 is 1.38 bits per heavy atom. The molecule has 2 unspecified atom stereocenters. The van der Waals surface area contributed by atoms with Crippen molar-refractivity contribution < 1.29 is 14.6 Å². The van der Waals surface area contributed by atoms with E-state index in [0.29, 0.717) is 24.8 Å². The summed E-state index contributed by atoms with van der Waals surface area (Å²) in [6.45, 7) is 2.88. The van der Waals surface area contributed by atoms with Crippen molar-refractivity contribution in [2.75, 3.05) is 26.3 Å². The van der Waals surface area contributed by atoms with Crippen molar-refractivity contribution in [1.29, 1.82) is 0 Å². The van der Waals surface area contributed by atoms with Gasteiger partial charge in [-0.25, -0.2) is 0 Å². The van der Waals surface area contributed by atoms with Crippen LogP contribution in [0.15, 0.2) is 24.3 Å². The third-order valence-corrected chi connectivity index (χ3v) is 3.92. The second kappa shape index (κ2) is 9.38. The molecular formula is C16H24ClNO3. The molecule has 0 aromatic heterocycles. The van der Waals surface area contributed by atoms with Crippen LogP contribution < -0.4 is 5.32 Å². The topological polar surface area (TPSA) is 50.7 Å². The van der Waals surface area contributed by atoms with E-state index >= 15 is 0 Å². The molecule has 1 aliphatic heterocycles. The summed E-state index contributed by atoms with van der Waals surface area (Å²) in [6.07, 6.45) is 3.27. The maximum Gasteiger partial charge on any atom is 0.0897 e. The molecule has 0 saturated carbocycles. The lowest BCUT2D eigenvalue weighted by molar-refractivity contribution is 0.00763. The summed E-state index contributed by atoms with van der Waals surface area (Å²) in [5.41, 5.74) is 0.940. The second-order valence-corrected chi connectivity index (χ2v) is 5.81. The molecule has 4 nitrogen and oxygen atoms in total. The molecule has 2 atom stereocenters. The quantitative estimate of drug-likeness (QED) is 0.773. The maximum atomic E-state index is 9.86. The molecule has 1 aromatic carbocycles. The number of rotatable bonds is 8. The fourth-order valence-corrected chi connectivity index (χ4v) is 2.55. The summed E-state index contributed by atoms with van der Waals surface area (Å²) in [5, 5.41) is 13.8. The van der Waals surface area contributed by atoms with E-state index in [-0.39, 0.29) is 6.10 Å². The normalized spacial score (nSPS) is 20.4. The van der Waals surface area contributed by atoms with Crippen LogP contribution in [-0.2, 0) is 16.1 Å². The molecule has 1 aliphatic rings. The highest BCUT2D eigenvalue weighted by atomic mass is 35.5. The van der Waals surface area contributed by atoms with E-state index in [4.69, 9.17) is 21.1 Å². The monoisotopic (exact) mass is 313 g/mol. The molecule has 0 aliphatic carbocycles. The molecule has 0 radical (unpaired) electrons. The van der Waals surface area contributed by atoms with Crippen molar-refractivity contribution in [3.05, 3.63) is 34.9 Å². The van der Waals surface area contributed by atoms with Gasteiger partial charge in [0.2, 0.25) is 0 Å². The Morgan fingerprint density at radius 2 is 2.24 bits per heavy atom. The van der Waals surface area contributed by atoms with E-state index in [0.717, 1.165) is 31.6 Å². The molecule has 1 fully saturated rings. The van der Waals surface area contributed by atoms with Gasteiger partial charge in [-0.2, -0.15) is 0 Å². The Bertz CT molecular complexity index is 410. The van der Waals surface area contributed by atoms with Gasteiger partial charge in [0, 0.05) is 24.7 Å². The fourth-order valence-electron chi connectivity index (χ4n) is 2.36. The molecule has 118 valence electrons. The Kier molecular flexibility index (Phi) is 7.47. The predicted molar refractivity (Wildman–Crippen MR) is 83.6 cm³/mol. The van der Waals surface area contributed by atoms with E-state index < -0.39 is 6.10 Å². The first kappa shape index (κ1) is 16.7. The number of hydrogen-bond donors (Lipinski definition) is 2. The zero-order valence-corrected chi connectivity index (χ0v) is 13.0. The van der Waals surface area contributed by atoms with Gasteiger partial charge in [-0.1, -0.05) is 29.8 Å². The maximum absolute atomic E-state index is 9.86. The third-order valence-electron chi connectivity index (χ3n) is 3.55. The standard InChI is InChI=1S/C16H24ClNO3/c17-16-7-2-1-5-13(16)11-20-12-14(19)9-18-10-15-6-3-4-8-21-15/h1-2,5,7,14-15,18-19H,3-4,6,8-12H2. The van der Waals surface area contributed by atoms with Gasteiger partial charge in [0.15, 0.2) is 0 Å². The number of benzene rings is 1. The van der Waals surface area contributed by atoms with E-state index in [2.05, 4.69) is 5.32 Å². The van der Waals surface area contributed by atoms with Crippen molar-refractivity contribution in [2.24, 2.45) is 0 Å². The Balaban J connectivity index is 1.55. The van der Waals surface area contributed by atoms with Gasteiger partial charge in [-0.05, 0) is 30.9 Å². The number of nitrogens with one attached hydrogen (secondary N) is 1.